The second-order valence-corrected chi connectivity index (χ2v) is 6.88. The summed E-state index contributed by atoms with van der Waals surface area (Å²) in [5.74, 6) is 1.84. The lowest BCUT2D eigenvalue weighted by Crippen LogP contribution is -2.27. The second kappa shape index (κ2) is 7.80. The Balaban J connectivity index is 2.16. The van der Waals surface area contributed by atoms with Gasteiger partial charge in [0.2, 0.25) is 0 Å². The Labute approximate surface area is 165 Å². The third-order valence-electron chi connectivity index (χ3n) is 4.48. The van der Waals surface area contributed by atoms with E-state index < -0.39 is 5.60 Å². The highest BCUT2D eigenvalue weighted by atomic mass is 16.5. The summed E-state index contributed by atoms with van der Waals surface area (Å²) in [5.41, 5.74) is 1.46. The number of ketones is 1. The fourth-order valence-electron chi connectivity index (χ4n) is 3.12. The molecule has 0 atom stereocenters. The molecule has 0 unspecified atom stereocenters. The van der Waals surface area contributed by atoms with Gasteiger partial charge in [0.1, 0.15) is 34.2 Å². The molecule has 0 spiro atoms. The lowest BCUT2D eigenvalue weighted by Gasteiger charge is -2.30. The Hall–Kier alpha value is -3.21. The Morgan fingerprint density at radius 1 is 1.07 bits per heavy atom. The van der Waals surface area contributed by atoms with Crippen LogP contribution in [0.25, 0.3) is 11.8 Å². The van der Waals surface area contributed by atoms with Crippen LogP contribution >= 0.6 is 0 Å². The van der Waals surface area contributed by atoms with Crippen molar-refractivity contribution >= 4 is 17.6 Å². The van der Waals surface area contributed by atoms with E-state index in [1.165, 1.54) is 13.2 Å². The summed E-state index contributed by atoms with van der Waals surface area (Å²) in [7, 11) is 4.64. The number of ether oxygens (including phenoxy) is 4. The van der Waals surface area contributed by atoms with Crippen LogP contribution in [0.1, 0.15) is 35.3 Å². The van der Waals surface area contributed by atoms with E-state index in [1.807, 2.05) is 44.2 Å². The highest BCUT2D eigenvalue weighted by molar-refractivity contribution is 6.08. The number of methoxy groups -OCH3 is 3. The van der Waals surface area contributed by atoms with Crippen LogP contribution < -0.4 is 14.2 Å². The van der Waals surface area contributed by atoms with E-state index in [9.17, 15) is 4.79 Å². The van der Waals surface area contributed by atoms with Crippen LogP contribution in [-0.4, -0.2) is 32.7 Å². The zero-order chi connectivity index (χ0) is 20.3. The number of hydrogen-bond acceptors (Lipinski definition) is 5. The topological polar surface area (TPSA) is 54.0 Å². The van der Waals surface area contributed by atoms with Crippen molar-refractivity contribution < 1.29 is 23.7 Å². The number of carbonyl (C=O) groups excluding carboxylic acids is 1. The van der Waals surface area contributed by atoms with Gasteiger partial charge >= 0.3 is 0 Å². The molecule has 1 aliphatic heterocycles. The van der Waals surface area contributed by atoms with Gasteiger partial charge in [-0.2, -0.15) is 0 Å². The van der Waals surface area contributed by atoms with Gasteiger partial charge in [-0.05, 0) is 26.0 Å². The van der Waals surface area contributed by atoms with Crippen molar-refractivity contribution in [1.29, 1.82) is 0 Å². The van der Waals surface area contributed by atoms with E-state index in [0.29, 0.717) is 34.1 Å². The van der Waals surface area contributed by atoms with Crippen LogP contribution in [0.4, 0.5) is 0 Å². The summed E-state index contributed by atoms with van der Waals surface area (Å²) in [6.45, 7) is 3.94. The first-order valence-corrected chi connectivity index (χ1v) is 8.93. The van der Waals surface area contributed by atoms with E-state index in [4.69, 9.17) is 18.9 Å². The number of benzene rings is 2. The molecule has 1 aliphatic rings. The van der Waals surface area contributed by atoms with Crippen LogP contribution in [0.2, 0.25) is 0 Å². The van der Waals surface area contributed by atoms with E-state index in [0.717, 1.165) is 5.56 Å². The average Bonchev–Trinajstić information content (AvgIpc) is 2.70. The van der Waals surface area contributed by atoms with Crippen molar-refractivity contribution in [2.24, 2.45) is 0 Å². The minimum Gasteiger partial charge on any atom is -0.496 e. The zero-order valence-corrected chi connectivity index (χ0v) is 16.7. The number of rotatable bonds is 6. The summed E-state index contributed by atoms with van der Waals surface area (Å²) < 4.78 is 22.9. The molecule has 5 nitrogen and oxygen atoms in total. The SMILES string of the molecule is CO/C(=C/C(=O)c1ccccc1)c1c(OC)cc2c(c1OC)C=CC(C)(C)O2. The number of fused-ring (bicyclic) bond motifs is 1. The molecule has 2 aromatic rings. The summed E-state index contributed by atoms with van der Waals surface area (Å²) in [5, 5.41) is 0. The fourth-order valence-corrected chi connectivity index (χ4v) is 3.12. The van der Waals surface area contributed by atoms with Gasteiger partial charge in [-0.3, -0.25) is 4.79 Å². The molecule has 1 heterocycles. The summed E-state index contributed by atoms with van der Waals surface area (Å²) in [6, 6.07) is 10.8. The van der Waals surface area contributed by atoms with Gasteiger partial charge in [0.05, 0.1) is 26.9 Å². The predicted octanol–water partition coefficient (Wildman–Crippen LogP) is 4.76. The van der Waals surface area contributed by atoms with Crippen molar-refractivity contribution in [3.8, 4) is 17.2 Å². The monoisotopic (exact) mass is 380 g/mol. The van der Waals surface area contributed by atoms with Crippen molar-refractivity contribution in [3.63, 3.8) is 0 Å². The summed E-state index contributed by atoms with van der Waals surface area (Å²) >= 11 is 0. The van der Waals surface area contributed by atoms with E-state index in [-0.39, 0.29) is 5.78 Å². The first-order valence-electron chi connectivity index (χ1n) is 8.93. The maximum Gasteiger partial charge on any atom is 0.189 e. The highest BCUT2D eigenvalue weighted by Gasteiger charge is 2.29. The molecule has 0 aromatic heterocycles. The van der Waals surface area contributed by atoms with Crippen molar-refractivity contribution in [2.75, 3.05) is 21.3 Å². The fraction of sp³-hybridized carbons (Fsp3) is 0.261. The standard InChI is InChI=1S/C23H24O5/c1-23(2)12-11-16-18(28-23)14-20(26-4)21(22(16)27-5)19(25-3)13-17(24)15-9-7-6-8-10-15/h6-14H,1-5H3/b19-13+. The molecule has 0 aliphatic carbocycles. The highest BCUT2D eigenvalue weighted by Crippen LogP contribution is 2.46. The number of carbonyl (C=O) groups is 1. The number of hydrogen-bond donors (Lipinski definition) is 0. The first kappa shape index (κ1) is 19.5. The molecule has 146 valence electrons. The third kappa shape index (κ3) is 3.74. The first-order chi connectivity index (χ1) is 13.4. The molecule has 28 heavy (non-hydrogen) atoms. The molecule has 2 aromatic carbocycles. The second-order valence-electron chi connectivity index (χ2n) is 6.88. The van der Waals surface area contributed by atoms with E-state index in [1.54, 1.807) is 32.4 Å². The number of allylic oxidation sites excluding steroid dienone is 1. The lowest BCUT2D eigenvalue weighted by atomic mass is 9.97. The maximum absolute atomic E-state index is 12.7. The molecule has 0 amide bonds. The Morgan fingerprint density at radius 2 is 1.79 bits per heavy atom. The summed E-state index contributed by atoms with van der Waals surface area (Å²) in [4.78, 5) is 12.7. The van der Waals surface area contributed by atoms with Gasteiger partial charge in [0, 0.05) is 17.7 Å². The van der Waals surface area contributed by atoms with Crippen LogP contribution in [0.5, 0.6) is 17.2 Å². The van der Waals surface area contributed by atoms with Gasteiger partial charge in [-0.1, -0.05) is 30.3 Å². The Morgan fingerprint density at radius 3 is 2.39 bits per heavy atom. The largest absolute Gasteiger partial charge is 0.496 e. The van der Waals surface area contributed by atoms with Crippen LogP contribution in [0.15, 0.2) is 48.6 Å². The molecular weight excluding hydrogens is 356 g/mol. The molecule has 5 heteroatoms. The average molecular weight is 380 g/mol. The Kier molecular flexibility index (Phi) is 5.45. The van der Waals surface area contributed by atoms with E-state index in [2.05, 4.69) is 0 Å². The smallest absolute Gasteiger partial charge is 0.189 e. The van der Waals surface area contributed by atoms with Crippen LogP contribution in [-0.2, 0) is 4.74 Å². The van der Waals surface area contributed by atoms with Crippen molar-refractivity contribution in [1.82, 2.24) is 0 Å². The third-order valence-corrected chi connectivity index (χ3v) is 4.48. The van der Waals surface area contributed by atoms with Crippen LogP contribution in [0.3, 0.4) is 0 Å². The Bertz CT molecular complexity index is 939. The quantitative estimate of drug-likeness (QED) is 0.411. The van der Waals surface area contributed by atoms with Gasteiger partial charge in [-0.25, -0.2) is 0 Å². The van der Waals surface area contributed by atoms with Crippen LogP contribution in [0, 0.1) is 0 Å². The minimum atomic E-state index is -0.437. The molecule has 0 bridgehead atoms. The maximum atomic E-state index is 12.7. The van der Waals surface area contributed by atoms with Gasteiger partial charge in [0.25, 0.3) is 0 Å². The van der Waals surface area contributed by atoms with Crippen molar-refractivity contribution in [3.05, 3.63) is 65.2 Å². The molecule has 0 radical (unpaired) electrons. The molecule has 3 rings (SSSR count). The van der Waals surface area contributed by atoms with E-state index >= 15 is 0 Å². The molecule has 0 fully saturated rings. The molecule has 0 saturated heterocycles. The lowest BCUT2D eigenvalue weighted by molar-refractivity contribution is 0.104. The van der Waals surface area contributed by atoms with Gasteiger partial charge < -0.3 is 18.9 Å². The minimum absolute atomic E-state index is 0.174. The van der Waals surface area contributed by atoms with Gasteiger partial charge in [-0.15, -0.1) is 0 Å². The molecule has 0 N–H and O–H groups in total. The van der Waals surface area contributed by atoms with Gasteiger partial charge in [0.15, 0.2) is 5.78 Å². The molecule has 0 saturated carbocycles. The molecular formula is C23H24O5. The zero-order valence-electron chi connectivity index (χ0n) is 16.7. The summed E-state index contributed by atoms with van der Waals surface area (Å²) in [6.07, 6.45) is 5.35. The predicted molar refractivity (Wildman–Crippen MR) is 109 cm³/mol. The normalized spacial score (nSPS) is 14.7. The van der Waals surface area contributed by atoms with Crippen molar-refractivity contribution in [2.45, 2.75) is 19.4 Å².